The molecule has 7 heteroatoms. The average molecular weight is 253 g/mol. The van der Waals surface area contributed by atoms with Gasteiger partial charge in [-0.25, -0.2) is 0 Å². The zero-order chi connectivity index (χ0) is 13.7. The highest BCUT2D eigenvalue weighted by Crippen LogP contribution is 2.28. The van der Waals surface area contributed by atoms with E-state index in [1.165, 1.54) is 12.1 Å². The van der Waals surface area contributed by atoms with Crippen molar-refractivity contribution in [3.05, 3.63) is 33.9 Å². The third-order valence-corrected chi connectivity index (χ3v) is 2.43. The average Bonchev–Trinajstić information content (AvgIpc) is 2.34. The smallest absolute Gasteiger partial charge is 0.310 e. The van der Waals surface area contributed by atoms with Crippen molar-refractivity contribution >= 4 is 11.6 Å². The van der Waals surface area contributed by atoms with Gasteiger partial charge < -0.3 is 16.2 Å². The van der Waals surface area contributed by atoms with E-state index in [4.69, 9.17) is 16.2 Å². The monoisotopic (exact) mass is 253 g/mol. The summed E-state index contributed by atoms with van der Waals surface area (Å²) in [6, 6.07) is 4.38. The number of carbonyl (C=O) groups excluding carboxylic acids is 1. The molecule has 1 rings (SSSR count). The van der Waals surface area contributed by atoms with E-state index < -0.39 is 16.7 Å². The summed E-state index contributed by atoms with van der Waals surface area (Å²) < 4.78 is 5.27. The molecule has 0 aromatic heterocycles. The molecule has 0 radical (unpaired) electrons. The van der Waals surface area contributed by atoms with E-state index in [2.05, 4.69) is 0 Å². The minimum absolute atomic E-state index is 0.00972. The number of nitrogens with two attached hydrogens (primary N) is 2. The molecule has 0 heterocycles. The number of benzene rings is 1. The summed E-state index contributed by atoms with van der Waals surface area (Å²) in [5.41, 5.74) is 11.1. The predicted octanol–water partition coefficient (Wildman–Crippen LogP) is 0.554. The van der Waals surface area contributed by atoms with Crippen LogP contribution in [0.4, 0.5) is 5.69 Å². The minimum Gasteiger partial charge on any atom is -0.486 e. The Labute approximate surface area is 104 Å². The predicted molar refractivity (Wildman–Crippen MR) is 64.8 cm³/mol. The van der Waals surface area contributed by atoms with Gasteiger partial charge >= 0.3 is 5.69 Å². The van der Waals surface area contributed by atoms with Gasteiger partial charge in [-0.2, -0.15) is 0 Å². The summed E-state index contributed by atoms with van der Waals surface area (Å²) in [7, 11) is 0. The van der Waals surface area contributed by atoms with Crippen LogP contribution in [0, 0.1) is 16.0 Å². The number of amides is 1. The Kier molecular flexibility index (Phi) is 4.61. The molecule has 0 aliphatic carbocycles. The van der Waals surface area contributed by atoms with Crippen molar-refractivity contribution < 1.29 is 14.5 Å². The van der Waals surface area contributed by atoms with Gasteiger partial charge in [0, 0.05) is 12.6 Å². The topological polar surface area (TPSA) is 121 Å². The van der Waals surface area contributed by atoms with Gasteiger partial charge in [-0.15, -0.1) is 0 Å². The molecular formula is C11H15N3O4. The molecule has 1 atom stereocenters. The van der Waals surface area contributed by atoms with E-state index >= 15 is 0 Å². The zero-order valence-electron chi connectivity index (χ0n) is 9.96. The molecular weight excluding hydrogens is 238 g/mol. The number of ether oxygens (including phenoxy) is 1. The highest BCUT2D eigenvalue weighted by Gasteiger charge is 2.17. The first kappa shape index (κ1) is 13.9. The lowest BCUT2D eigenvalue weighted by molar-refractivity contribution is -0.385. The van der Waals surface area contributed by atoms with Crippen LogP contribution in [0.2, 0.25) is 0 Å². The minimum atomic E-state index is -0.551. The zero-order valence-corrected chi connectivity index (χ0v) is 9.96. The molecule has 0 aliphatic heterocycles. The van der Waals surface area contributed by atoms with Crippen molar-refractivity contribution in [3.8, 4) is 5.75 Å². The third kappa shape index (κ3) is 3.42. The van der Waals surface area contributed by atoms with Gasteiger partial charge in [-0.1, -0.05) is 13.0 Å². The van der Waals surface area contributed by atoms with Crippen LogP contribution in [-0.4, -0.2) is 17.4 Å². The summed E-state index contributed by atoms with van der Waals surface area (Å²) in [4.78, 5) is 21.1. The lowest BCUT2D eigenvalue weighted by atomic mass is 10.1. The molecule has 0 aliphatic rings. The molecule has 1 aromatic carbocycles. The molecule has 1 amide bonds. The molecule has 18 heavy (non-hydrogen) atoms. The third-order valence-electron chi connectivity index (χ3n) is 2.43. The quantitative estimate of drug-likeness (QED) is 0.566. The summed E-state index contributed by atoms with van der Waals surface area (Å²) in [5.74, 6) is -0.949. The number of nitro groups is 1. The second kappa shape index (κ2) is 5.97. The molecule has 0 fully saturated rings. The van der Waals surface area contributed by atoms with E-state index in [0.717, 1.165) is 0 Å². The van der Waals surface area contributed by atoms with Gasteiger partial charge in [0.15, 0.2) is 5.75 Å². The van der Waals surface area contributed by atoms with E-state index in [1.807, 2.05) is 0 Å². The van der Waals surface area contributed by atoms with Crippen LogP contribution in [-0.2, 0) is 11.3 Å². The Bertz CT molecular complexity index is 462. The molecule has 0 saturated carbocycles. The summed E-state index contributed by atoms with van der Waals surface area (Å²) in [6.45, 7) is 1.82. The number of nitrogens with zero attached hydrogens (tertiary/aromatic N) is 1. The lowest BCUT2D eigenvalue weighted by Gasteiger charge is -2.11. The highest BCUT2D eigenvalue weighted by atomic mass is 16.6. The highest BCUT2D eigenvalue weighted by molar-refractivity contribution is 5.76. The fourth-order valence-corrected chi connectivity index (χ4v) is 1.25. The fraction of sp³-hybridized carbons (Fsp3) is 0.364. The molecule has 0 saturated heterocycles. The van der Waals surface area contributed by atoms with Crippen LogP contribution in [0.5, 0.6) is 5.75 Å². The summed E-state index contributed by atoms with van der Waals surface area (Å²) in [6.07, 6.45) is 0. The maximum atomic E-state index is 10.9. The Hall–Kier alpha value is -2.15. The first-order chi connectivity index (χ1) is 8.45. The van der Waals surface area contributed by atoms with Crippen molar-refractivity contribution in [1.29, 1.82) is 0 Å². The van der Waals surface area contributed by atoms with E-state index in [9.17, 15) is 14.9 Å². The first-order valence-corrected chi connectivity index (χ1v) is 5.35. The van der Waals surface area contributed by atoms with Crippen molar-refractivity contribution in [3.63, 3.8) is 0 Å². The lowest BCUT2D eigenvalue weighted by Crippen LogP contribution is -2.25. The van der Waals surface area contributed by atoms with Gasteiger partial charge in [0.25, 0.3) is 0 Å². The molecule has 4 N–H and O–H groups in total. The number of hydrogen-bond donors (Lipinski definition) is 2. The van der Waals surface area contributed by atoms with Gasteiger partial charge in [-0.3, -0.25) is 14.9 Å². The Morgan fingerprint density at radius 2 is 2.22 bits per heavy atom. The molecule has 1 unspecified atom stereocenters. The largest absolute Gasteiger partial charge is 0.486 e. The van der Waals surface area contributed by atoms with Gasteiger partial charge in [-0.05, 0) is 11.6 Å². The van der Waals surface area contributed by atoms with Crippen LogP contribution < -0.4 is 16.2 Å². The molecule has 98 valence electrons. The van der Waals surface area contributed by atoms with Crippen LogP contribution in [0.15, 0.2) is 18.2 Å². The Balaban J connectivity index is 2.90. The number of nitro benzene ring substituents is 1. The number of hydrogen-bond acceptors (Lipinski definition) is 5. The van der Waals surface area contributed by atoms with Crippen molar-refractivity contribution in [2.45, 2.75) is 13.5 Å². The Morgan fingerprint density at radius 1 is 1.56 bits per heavy atom. The van der Waals surface area contributed by atoms with Crippen LogP contribution in [0.3, 0.4) is 0 Å². The SMILES string of the molecule is CC(COc1cc(CN)ccc1[N+](=O)[O-])C(N)=O. The van der Waals surface area contributed by atoms with E-state index in [-0.39, 0.29) is 24.6 Å². The summed E-state index contributed by atoms with van der Waals surface area (Å²) in [5, 5.41) is 10.8. The normalized spacial score (nSPS) is 11.9. The number of primary amides is 1. The van der Waals surface area contributed by atoms with Crippen molar-refractivity contribution in [1.82, 2.24) is 0 Å². The van der Waals surface area contributed by atoms with Crippen LogP contribution >= 0.6 is 0 Å². The Morgan fingerprint density at radius 3 is 2.72 bits per heavy atom. The van der Waals surface area contributed by atoms with Crippen molar-refractivity contribution in [2.75, 3.05) is 6.61 Å². The second-order valence-electron chi connectivity index (χ2n) is 3.88. The van der Waals surface area contributed by atoms with E-state index in [1.54, 1.807) is 13.0 Å². The number of carbonyl (C=O) groups is 1. The molecule has 1 aromatic rings. The maximum Gasteiger partial charge on any atom is 0.310 e. The summed E-state index contributed by atoms with van der Waals surface area (Å²) >= 11 is 0. The van der Waals surface area contributed by atoms with Gasteiger partial charge in [0.05, 0.1) is 17.4 Å². The van der Waals surface area contributed by atoms with Gasteiger partial charge in [0.1, 0.15) is 0 Å². The molecule has 0 spiro atoms. The first-order valence-electron chi connectivity index (χ1n) is 5.35. The number of rotatable bonds is 6. The van der Waals surface area contributed by atoms with Crippen LogP contribution in [0.25, 0.3) is 0 Å². The molecule has 0 bridgehead atoms. The van der Waals surface area contributed by atoms with E-state index in [0.29, 0.717) is 5.56 Å². The fourth-order valence-electron chi connectivity index (χ4n) is 1.25. The standard InChI is InChI=1S/C11H15N3O4/c1-7(11(13)15)6-18-10-4-8(5-12)2-3-9(10)14(16)17/h2-4,7H,5-6,12H2,1H3,(H2,13,15). The second-order valence-corrected chi connectivity index (χ2v) is 3.88. The van der Waals surface area contributed by atoms with Gasteiger partial charge in [0.2, 0.25) is 5.91 Å². The molecule has 7 nitrogen and oxygen atoms in total. The van der Waals surface area contributed by atoms with Crippen molar-refractivity contribution in [2.24, 2.45) is 17.4 Å². The van der Waals surface area contributed by atoms with Crippen LogP contribution in [0.1, 0.15) is 12.5 Å². The maximum absolute atomic E-state index is 10.9.